The number of H-pyrrole nitrogens is 1. The summed E-state index contributed by atoms with van der Waals surface area (Å²) >= 11 is 0. The molecule has 2 amide bonds. The van der Waals surface area contributed by atoms with Crippen LogP contribution in [-0.2, 0) is 9.59 Å². The second-order valence-electron chi connectivity index (χ2n) is 5.87. The molecule has 3 N–H and O–H groups in total. The smallest absolute Gasteiger partial charge is 0.313 e. The van der Waals surface area contributed by atoms with Gasteiger partial charge < -0.3 is 15.6 Å². The minimum Gasteiger partial charge on any atom is -0.361 e. The van der Waals surface area contributed by atoms with Gasteiger partial charge in [-0.25, -0.2) is 0 Å². The van der Waals surface area contributed by atoms with Crippen LogP contribution in [0.5, 0.6) is 0 Å². The zero-order chi connectivity index (χ0) is 16.2. The Kier molecular flexibility index (Phi) is 4.62. The van der Waals surface area contributed by atoms with E-state index in [0.29, 0.717) is 18.3 Å². The number of carbonyl (C=O) groups excluding carboxylic acids is 2. The molecule has 1 aliphatic heterocycles. The summed E-state index contributed by atoms with van der Waals surface area (Å²) in [6, 6.07) is 7.80. The van der Waals surface area contributed by atoms with Gasteiger partial charge in [-0.15, -0.1) is 0 Å². The summed E-state index contributed by atoms with van der Waals surface area (Å²) in [5.74, 6) is -1.21. The fraction of sp³-hybridized carbons (Fsp3) is 0.412. The number of aromatic nitrogens is 1. The summed E-state index contributed by atoms with van der Waals surface area (Å²) in [6.45, 7) is 4.68. The Bertz CT molecular complexity index is 709. The zero-order valence-corrected chi connectivity index (χ0v) is 13.3. The van der Waals surface area contributed by atoms with E-state index in [0.717, 1.165) is 36.8 Å². The molecule has 0 bridgehead atoms. The van der Waals surface area contributed by atoms with E-state index in [-0.39, 0.29) is 0 Å². The number of nitrogens with one attached hydrogen (secondary N) is 3. The highest BCUT2D eigenvalue weighted by molar-refractivity contribution is 6.39. The minimum absolute atomic E-state index is 0.340. The molecule has 1 aromatic carbocycles. The molecule has 1 aliphatic rings. The summed E-state index contributed by atoms with van der Waals surface area (Å²) in [5.41, 5.74) is 1.53. The van der Waals surface area contributed by atoms with E-state index in [9.17, 15) is 9.59 Å². The molecule has 1 atom stereocenters. The van der Waals surface area contributed by atoms with Crippen molar-refractivity contribution >= 4 is 28.4 Å². The number of hydrogen-bond acceptors (Lipinski definition) is 3. The largest absolute Gasteiger partial charge is 0.361 e. The van der Waals surface area contributed by atoms with Crippen LogP contribution in [0, 0.1) is 0 Å². The molecule has 2 heterocycles. The highest BCUT2D eigenvalue weighted by Gasteiger charge is 2.24. The molecule has 0 aliphatic carbocycles. The van der Waals surface area contributed by atoms with Gasteiger partial charge in [0.1, 0.15) is 0 Å². The van der Waals surface area contributed by atoms with Crippen molar-refractivity contribution in [2.45, 2.75) is 25.8 Å². The normalized spacial score (nSPS) is 18.2. The van der Waals surface area contributed by atoms with E-state index in [1.807, 2.05) is 24.4 Å². The van der Waals surface area contributed by atoms with Crippen molar-refractivity contribution in [2.75, 3.05) is 25.0 Å². The number of anilines is 1. The summed E-state index contributed by atoms with van der Waals surface area (Å²) in [6.07, 6.45) is 4.06. The lowest BCUT2D eigenvalue weighted by Gasteiger charge is -2.22. The van der Waals surface area contributed by atoms with Crippen molar-refractivity contribution < 1.29 is 9.59 Å². The maximum atomic E-state index is 12.0. The lowest BCUT2D eigenvalue weighted by atomic mass is 10.2. The first kappa shape index (κ1) is 15.6. The number of aromatic amines is 1. The van der Waals surface area contributed by atoms with Crippen LogP contribution in [0.25, 0.3) is 10.9 Å². The molecule has 6 heteroatoms. The molecule has 0 radical (unpaired) electrons. The predicted molar refractivity (Wildman–Crippen MR) is 90.2 cm³/mol. The summed E-state index contributed by atoms with van der Waals surface area (Å²) in [7, 11) is 0. The minimum atomic E-state index is -0.628. The van der Waals surface area contributed by atoms with Gasteiger partial charge in [-0.1, -0.05) is 13.0 Å². The Morgan fingerprint density at radius 3 is 3.00 bits per heavy atom. The van der Waals surface area contributed by atoms with Gasteiger partial charge in [0.05, 0.1) is 0 Å². The topological polar surface area (TPSA) is 77.2 Å². The van der Waals surface area contributed by atoms with E-state index < -0.39 is 11.8 Å². The maximum absolute atomic E-state index is 12.0. The van der Waals surface area contributed by atoms with Crippen LogP contribution in [0.3, 0.4) is 0 Å². The van der Waals surface area contributed by atoms with Gasteiger partial charge in [0.15, 0.2) is 0 Å². The average Bonchev–Trinajstić information content (AvgIpc) is 3.20. The second kappa shape index (κ2) is 6.83. The summed E-state index contributed by atoms with van der Waals surface area (Å²) in [5, 5.41) is 6.44. The van der Waals surface area contributed by atoms with Crippen LogP contribution in [0.4, 0.5) is 5.69 Å². The van der Waals surface area contributed by atoms with Gasteiger partial charge in [0.25, 0.3) is 0 Å². The molecule has 6 nitrogen and oxygen atoms in total. The third-order valence-electron chi connectivity index (χ3n) is 4.42. The number of likely N-dealkylation sites (N-methyl/N-ethyl adjacent to an activating group) is 1. The predicted octanol–water partition coefficient (Wildman–Crippen LogP) is 1.71. The number of amides is 2. The lowest BCUT2D eigenvalue weighted by Crippen LogP contribution is -2.43. The van der Waals surface area contributed by atoms with Crippen LogP contribution in [-0.4, -0.2) is 47.4 Å². The van der Waals surface area contributed by atoms with Crippen LogP contribution >= 0.6 is 0 Å². The number of hydrogen-bond donors (Lipinski definition) is 3. The standard InChI is InChI=1S/C17H22N4O2/c1-2-21-9-3-4-14(21)11-19-16(22)17(23)20-13-6-5-12-7-8-18-15(12)10-13/h5-8,10,14,18H,2-4,9,11H2,1H3,(H,19,22)(H,20,23)/t14-/m1/s1. The molecule has 0 saturated carbocycles. The fourth-order valence-electron chi connectivity index (χ4n) is 3.15. The molecular formula is C17H22N4O2. The van der Waals surface area contributed by atoms with Gasteiger partial charge in [-0.3, -0.25) is 14.5 Å². The molecule has 1 aromatic heterocycles. The molecule has 1 saturated heterocycles. The summed E-state index contributed by atoms with van der Waals surface area (Å²) < 4.78 is 0. The molecule has 0 spiro atoms. The number of benzene rings is 1. The van der Waals surface area contributed by atoms with Crippen molar-refractivity contribution in [1.82, 2.24) is 15.2 Å². The third kappa shape index (κ3) is 3.53. The molecule has 0 unspecified atom stereocenters. The van der Waals surface area contributed by atoms with E-state index in [4.69, 9.17) is 0 Å². The highest BCUT2D eigenvalue weighted by atomic mass is 16.2. The van der Waals surface area contributed by atoms with E-state index in [2.05, 4.69) is 27.4 Å². The Morgan fingerprint density at radius 2 is 2.17 bits per heavy atom. The Balaban J connectivity index is 1.53. The first-order valence-electron chi connectivity index (χ1n) is 8.07. The Morgan fingerprint density at radius 1 is 1.30 bits per heavy atom. The van der Waals surface area contributed by atoms with Crippen molar-refractivity contribution in [2.24, 2.45) is 0 Å². The number of nitrogens with zero attached hydrogens (tertiary/aromatic N) is 1. The number of carbonyl (C=O) groups is 2. The first-order chi connectivity index (χ1) is 11.2. The maximum Gasteiger partial charge on any atom is 0.313 e. The number of likely N-dealkylation sites (tertiary alicyclic amines) is 1. The molecule has 23 heavy (non-hydrogen) atoms. The third-order valence-corrected chi connectivity index (χ3v) is 4.42. The van der Waals surface area contributed by atoms with Crippen LogP contribution in [0.2, 0.25) is 0 Å². The molecule has 2 aromatic rings. The quantitative estimate of drug-likeness (QED) is 0.752. The van der Waals surface area contributed by atoms with Gasteiger partial charge in [0.2, 0.25) is 0 Å². The average molecular weight is 314 g/mol. The Hall–Kier alpha value is -2.34. The van der Waals surface area contributed by atoms with E-state index in [1.165, 1.54) is 0 Å². The molecular weight excluding hydrogens is 292 g/mol. The van der Waals surface area contributed by atoms with Crippen molar-refractivity contribution in [3.63, 3.8) is 0 Å². The first-order valence-corrected chi connectivity index (χ1v) is 8.07. The summed E-state index contributed by atoms with van der Waals surface area (Å²) in [4.78, 5) is 29.4. The van der Waals surface area contributed by atoms with Gasteiger partial charge in [-0.05, 0) is 49.5 Å². The van der Waals surface area contributed by atoms with Gasteiger partial charge >= 0.3 is 11.8 Å². The van der Waals surface area contributed by atoms with E-state index >= 15 is 0 Å². The van der Waals surface area contributed by atoms with Crippen LogP contribution in [0.15, 0.2) is 30.5 Å². The number of fused-ring (bicyclic) bond motifs is 1. The lowest BCUT2D eigenvalue weighted by molar-refractivity contribution is -0.136. The van der Waals surface area contributed by atoms with E-state index in [1.54, 1.807) is 6.07 Å². The highest BCUT2D eigenvalue weighted by Crippen LogP contribution is 2.18. The van der Waals surface area contributed by atoms with Gasteiger partial charge in [-0.2, -0.15) is 0 Å². The second-order valence-corrected chi connectivity index (χ2v) is 5.87. The SMILES string of the molecule is CCN1CCC[C@@H]1CNC(=O)C(=O)Nc1ccc2cc[nH]c2c1. The van der Waals surface area contributed by atoms with Gasteiger partial charge in [0, 0.05) is 30.0 Å². The molecule has 1 fully saturated rings. The van der Waals surface area contributed by atoms with Crippen LogP contribution < -0.4 is 10.6 Å². The molecule has 122 valence electrons. The van der Waals surface area contributed by atoms with Crippen LogP contribution in [0.1, 0.15) is 19.8 Å². The molecule has 3 rings (SSSR count). The monoisotopic (exact) mass is 314 g/mol. The number of rotatable bonds is 4. The van der Waals surface area contributed by atoms with Crippen molar-refractivity contribution in [1.29, 1.82) is 0 Å². The zero-order valence-electron chi connectivity index (χ0n) is 13.3. The Labute approximate surface area is 135 Å². The van der Waals surface area contributed by atoms with Crippen molar-refractivity contribution in [3.8, 4) is 0 Å². The van der Waals surface area contributed by atoms with Crippen molar-refractivity contribution in [3.05, 3.63) is 30.5 Å². The fourth-order valence-corrected chi connectivity index (χ4v) is 3.15.